The van der Waals surface area contributed by atoms with Crippen LogP contribution in [0.25, 0.3) is 11.0 Å². The van der Waals surface area contributed by atoms with Gasteiger partial charge in [0.15, 0.2) is 0 Å². The zero-order valence-electron chi connectivity index (χ0n) is 14.6. The van der Waals surface area contributed by atoms with Gasteiger partial charge >= 0.3 is 5.97 Å². The van der Waals surface area contributed by atoms with Gasteiger partial charge < -0.3 is 4.84 Å². The summed E-state index contributed by atoms with van der Waals surface area (Å²) in [4.78, 5) is 55.6. The Morgan fingerprint density at radius 1 is 0.893 bits per heavy atom. The van der Waals surface area contributed by atoms with Crippen molar-refractivity contribution in [2.45, 2.75) is 19.3 Å². The van der Waals surface area contributed by atoms with E-state index in [1.807, 2.05) is 0 Å². The topological polar surface area (TPSA) is 111 Å². The molecule has 0 radical (unpaired) electrons. The van der Waals surface area contributed by atoms with Gasteiger partial charge in [-0.3, -0.25) is 14.4 Å². The summed E-state index contributed by atoms with van der Waals surface area (Å²) in [5, 5.41) is 7.61. The van der Waals surface area contributed by atoms with Crippen molar-refractivity contribution in [1.82, 2.24) is 20.1 Å². The normalized spacial score (nSPS) is 13.1. The number of hydrogen-bond acceptors (Lipinski definition) is 7. The Hall–Kier alpha value is -3.88. The highest BCUT2D eigenvalue weighted by Gasteiger charge is 2.39. The average molecular weight is 378 g/mol. The fourth-order valence-corrected chi connectivity index (χ4v) is 2.97. The summed E-state index contributed by atoms with van der Waals surface area (Å²) in [5.41, 5.74) is 1.53. The maximum atomic E-state index is 12.3. The molecule has 0 unspecified atom stereocenters. The van der Waals surface area contributed by atoms with Crippen LogP contribution in [0, 0.1) is 0 Å². The van der Waals surface area contributed by atoms with E-state index in [2.05, 4.69) is 10.3 Å². The van der Waals surface area contributed by atoms with Gasteiger partial charge in [-0.15, -0.1) is 5.10 Å². The Labute approximate surface area is 158 Å². The predicted molar refractivity (Wildman–Crippen MR) is 94.9 cm³/mol. The molecule has 140 valence electrons. The van der Waals surface area contributed by atoms with Crippen LogP contribution in [0.1, 0.15) is 40.0 Å². The summed E-state index contributed by atoms with van der Waals surface area (Å²) in [7, 11) is 0. The molecule has 2 heterocycles. The number of hydrogen-bond donors (Lipinski definition) is 0. The predicted octanol–water partition coefficient (Wildman–Crippen LogP) is 1.38. The van der Waals surface area contributed by atoms with E-state index in [-0.39, 0.29) is 30.4 Å². The fourth-order valence-electron chi connectivity index (χ4n) is 2.97. The summed E-state index contributed by atoms with van der Waals surface area (Å²) in [6, 6.07) is 13.2. The monoisotopic (exact) mass is 378 g/mol. The van der Waals surface area contributed by atoms with Gasteiger partial charge in [0, 0.05) is 12.8 Å². The smallest absolute Gasteiger partial charge is 0.317 e. The quantitative estimate of drug-likeness (QED) is 0.487. The molecule has 2 aromatic carbocycles. The lowest BCUT2D eigenvalue weighted by molar-refractivity contribution is -0.145. The van der Waals surface area contributed by atoms with Crippen LogP contribution >= 0.6 is 0 Å². The second-order valence-corrected chi connectivity index (χ2v) is 6.15. The minimum atomic E-state index is -0.648. The highest BCUT2D eigenvalue weighted by atomic mass is 16.7. The van der Waals surface area contributed by atoms with Crippen molar-refractivity contribution in [2.24, 2.45) is 0 Å². The number of aromatic nitrogens is 3. The first kappa shape index (κ1) is 17.5. The lowest BCUT2D eigenvalue weighted by Gasteiger charge is -2.11. The van der Waals surface area contributed by atoms with Gasteiger partial charge in [-0.1, -0.05) is 29.1 Å². The third kappa shape index (κ3) is 3.02. The molecular weight excluding hydrogens is 364 g/mol. The molecule has 0 saturated carbocycles. The first-order chi connectivity index (χ1) is 13.6. The fraction of sp³-hybridized carbons (Fsp3) is 0.158. The molecule has 1 aliphatic rings. The molecule has 9 nitrogen and oxygen atoms in total. The number of fused-ring (bicyclic) bond motifs is 2. The minimum Gasteiger partial charge on any atom is -0.317 e. The third-order valence-corrected chi connectivity index (χ3v) is 4.32. The molecule has 0 aliphatic carbocycles. The van der Waals surface area contributed by atoms with Crippen molar-refractivity contribution in [1.29, 1.82) is 0 Å². The molecule has 0 saturated heterocycles. The Bertz CT molecular complexity index is 1090. The molecule has 9 heteroatoms. The van der Waals surface area contributed by atoms with Gasteiger partial charge in [-0.2, -0.15) is 0 Å². The van der Waals surface area contributed by atoms with Crippen LogP contribution in [-0.2, 0) is 9.59 Å². The molecule has 1 aliphatic heterocycles. The third-order valence-electron chi connectivity index (χ3n) is 4.32. The van der Waals surface area contributed by atoms with Gasteiger partial charge in [-0.05, 0) is 35.9 Å². The van der Waals surface area contributed by atoms with Crippen LogP contribution in [0.4, 0.5) is 0 Å². The minimum absolute atomic E-state index is 0.0803. The molecule has 28 heavy (non-hydrogen) atoms. The molecule has 0 fully saturated rings. The van der Waals surface area contributed by atoms with Crippen LogP contribution in [0.5, 0.6) is 0 Å². The number of carbonyl (C=O) groups is 4. The number of para-hydroxylation sites is 1. The van der Waals surface area contributed by atoms with Crippen molar-refractivity contribution >= 4 is 34.7 Å². The zero-order valence-corrected chi connectivity index (χ0v) is 14.6. The molecule has 1 aromatic heterocycles. The summed E-state index contributed by atoms with van der Waals surface area (Å²) >= 11 is 0. The molecule has 3 amide bonds. The van der Waals surface area contributed by atoms with Crippen molar-refractivity contribution in [3.05, 3.63) is 59.7 Å². The number of nitrogens with zero attached hydrogens (tertiary/aromatic N) is 4. The van der Waals surface area contributed by atoms with Gasteiger partial charge in [0.05, 0.1) is 11.1 Å². The summed E-state index contributed by atoms with van der Waals surface area (Å²) in [6.45, 7) is 0. The van der Waals surface area contributed by atoms with Crippen molar-refractivity contribution in [2.75, 3.05) is 0 Å². The molecule has 0 bridgehead atoms. The average Bonchev–Trinajstić information content (AvgIpc) is 3.21. The second kappa shape index (κ2) is 7.03. The van der Waals surface area contributed by atoms with Crippen LogP contribution in [0.2, 0.25) is 0 Å². The standard InChI is InChI=1S/C19H14N4O5/c24-16(22-18(26)12-6-1-2-7-13(12)19(22)27)10-5-11-17(25)28-23-15-9-4-3-8-14(15)20-21-23/h1-4,6-9H,5,10-11H2. The van der Waals surface area contributed by atoms with E-state index in [0.29, 0.717) is 15.9 Å². The first-order valence-electron chi connectivity index (χ1n) is 8.58. The molecule has 0 N–H and O–H groups in total. The van der Waals surface area contributed by atoms with Crippen LogP contribution in [0.15, 0.2) is 48.5 Å². The molecule has 0 spiro atoms. The van der Waals surface area contributed by atoms with E-state index in [1.165, 1.54) is 12.1 Å². The van der Waals surface area contributed by atoms with Gasteiger partial charge in [0.1, 0.15) is 11.0 Å². The van der Waals surface area contributed by atoms with Gasteiger partial charge in [0.25, 0.3) is 11.8 Å². The first-order valence-corrected chi connectivity index (χ1v) is 8.58. The Morgan fingerprint density at radius 3 is 2.25 bits per heavy atom. The molecule has 3 aromatic rings. The van der Waals surface area contributed by atoms with Crippen LogP contribution in [-0.4, -0.2) is 43.7 Å². The van der Waals surface area contributed by atoms with E-state index >= 15 is 0 Å². The number of benzene rings is 2. The van der Waals surface area contributed by atoms with Crippen molar-refractivity contribution in [3.8, 4) is 0 Å². The van der Waals surface area contributed by atoms with E-state index in [0.717, 1.165) is 4.85 Å². The van der Waals surface area contributed by atoms with E-state index in [4.69, 9.17) is 4.84 Å². The lowest BCUT2D eigenvalue weighted by atomic mass is 10.1. The van der Waals surface area contributed by atoms with Crippen molar-refractivity contribution < 1.29 is 24.0 Å². The summed E-state index contributed by atoms with van der Waals surface area (Å²) in [5.74, 6) is -2.53. The van der Waals surface area contributed by atoms with E-state index in [9.17, 15) is 19.2 Å². The number of carbonyl (C=O) groups excluding carboxylic acids is 4. The maximum absolute atomic E-state index is 12.3. The Balaban J connectivity index is 1.33. The molecule has 4 rings (SSSR count). The Morgan fingerprint density at radius 2 is 1.54 bits per heavy atom. The van der Waals surface area contributed by atoms with Gasteiger partial charge in [0.2, 0.25) is 5.91 Å². The van der Waals surface area contributed by atoms with E-state index < -0.39 is 23.7 Å². The number of amides is 3. The lowest BCUT2D eigenvalue weighted by Crippen LogP contribution is -2.36. The molecule has 0 atom stereocenters. The largest absolute Gasteiger partial charge is 0.335 e. The van der Waals surface area contributed by atoms with E-state index in [1.54, 1.807) is 36.4 Å². The SMILES string of the molecule is O=C(CCCC(=O)N1C(=O)c2ccccc2C1=O)On1nnc2ccccc21. The zero-order chi connectivity index (χ0) is 19.7. The Kier molecular flexibility index (Phi) is 4.40. The van der Waals surface area contributed by atoms with Crippen LogP contribution < -0.4 is 4.84 Å². The second-order valence-electron chi connectivity index (χ2n) is 6.15. The summed E-state index contributed by atoms with van der Waals surface area (Å²) in [6.07, 6.45) is -0.0977. The molecular formula is C19H14N4O5. The maximum Gasteiger partial charge on any atom is 0.335 e. The van der Waals surface area contributed by atoms with Crippen molar-refractivity contribution in [3.63, 3.8) is 0 Å². The van der Waals surface area contributed by atoms with Gasteiger partial charge in [-0.25, -0.2) is 9.69 Å². The number of rotatable bonds is 5. The number of imide groups is 3. The summed E-state index contributed by atoms with van der Waals surface area (Å²) < 4.78 is 0. The highest BCUT2D eigenvalue weighted by Crippen LogP contribution is 2.23. The van der Waals surface area contributed by atoms with Crippen LogP contribution in [0.3, 0.4) is 0 Å². The highest BCUT2D eigenvalue weighted by molar-refractivity contribution is 6.28.